The van der Waals surface area contributed by atoms with Gasteiger partial charge in [-0.1, -0.05) is 30.3 Å². The van der Waals surface area contributed by atoms with E-state index in [1.807, 2.05) is 18.2 Å². The number of benzene rings is 1. The molecule has 2 aromatic rings. The molecule has 1 heterocycles. The molecular weight excluding hydrogens is 266 g/mol. The molecule has 0 unspecified atom stereocenters. The number of aryl methyl sites for hydroxylation is 3. The first-order chi connectivity index (χ1) is 10.1. The molecule has 1 aromatic heterocycles. The average molecular weight is 285 g/mol. The Morgan fingerprint density at radius 2 is 1.90 bits per heavy atom. The van der Waals surface area contributed by atoms with Crippen molar-refractivity contribution < 1.29 is 9.53 Å². The highest BCUT2D eigenvalue weighted by atomic mass is 16.5. The van der Waals surface area contributed by atoms with Crippen LogP contribution in [0.4, 0.5) is 5.82 Å². The lowest BCUT2D eigenvalue weighted by molar-refractivity contribution is 0.0525. The van der Waals surface area contributed by atoms with Crippen molar-refractivity contribution in [2.45, 2.75) is 26.7 Å². The second kappa shape index (κ2) is 6.83. The first kappa shape index (κ1) is 15.0. The van der Waals surface area contributed by atoms with Crippen molar-refractivity contribution in [3.63, 3.8) is 0 Å². The fourth-order valence-corrected chi connectivity index (χ4v) is 2.12. The number of anilines is 1. The van der Waals surface area contributed by atoms with Gasteiger partial charge in [0.05, 0.1) is 12.3 Å². The Morgan fingerprint density at radius 3 is 2.52 bits per heavy atom. The molecule has 0 aliphatic carbocycles. The van der Waals surface area contributed by atoms with Crippen molar-refractivity contribution in [1.29, 1.82) is 0 Å². The van der Waals surface area contributed by atoms with E-state index in [-0.39, 0.29) is 11.4 Å². The molecule has 5 nitrogen and oxygen atoms in total. The number of hydrogen-bond donors (Lipinski definition) is 1. The van der Waals surface area contributed by atoms with Crippen molar-refractivity contribution in [3.05, 3.63) is 53.0 Å². The molecule has 0 amide bonds. The van der Waals surface area contributed by atoms with Crippen molar-refractivity contribution in [2.24, 2.45) is 0 Å². The SMILES string of the molecule is CCOC(=O)c1c(C)nc(CCc2ccccc2)nc1N. The predicted molar refractivity (Wildman–Crippen MR) is 81.0 cm³/mol. The van der Waals surface area contributed by atoms with E-state index in [0.717, 1.165) is 6.42 Å². The molecule has 0 aliphatic rings. The number of carbonyl (C=O) groups excluding carboxylic acids is 1. The van der Waals surface area contributed by atoms with Gasteiger partial charge in [-0.3, -0.25) is 0 Å². The number of nitrogen functional groups attached to an aromatic ring is 1. The Morgan fingerprint density at radius 1 is 1.19 bits per heavy atom. The Bertz CT molecular complexity index is 604. The highest BCUT2D eigenvalue weighted by molar-refractivity contribution is 5.95. The Balaban J connectivity index is 2.14. The monoisotopic (exact) mass is 285 g/mol. The second-order valence-electron chi connectivity index (χ2n) is 4.69. The quantitative estimate of drug-likeness (QED) is 0.853. The van der Waals surface area contributed by atoms with Crippen molar-refractivity contribution in [1.82, 2.24) is 9.97 Å². The van der Waals surface area contributed by atoms with Gasteiger partial charge < -0.3 is 10.5 Å². The van der Waals surface area contributed by atoms with Crippen LogP contribution in [-0.4, -0.2) is 22.5 Å². The topological polar surface area (TPSA) is 78.1 Å². The molecule has 0 spiro atoms. The first-order valence-corrected chi connectivity index (χ1v) is 6.95. The van der Waals surface area contributed by atoms with E-state index in [4.69, 9.17) is 10.5 Å². The lowest BCUT2D eigenvalue weighted by Crippen LogP contribution is -2.15. The zero-order valence-electron chi connectivity index (χ0n) is 12.3. The van der Waals surface area contributed by atoms with Crippen LogP contribution >= 0.6 is 0 Å². The molecule has 0 bridgehead atoms. The molecule has 2 rings (SSSR count). The zero-order valence-corrected chi connectivity index (χ0v) is 12.3. The number of rotatable bonds is 5. The van der Waals surface area contributed by atoms with E-state index in [9.17, 15) is 4.79 Å². The standard InChI is InChI=1S/C16H19N3O2/c1-3-21-16(20)14-11(2)18-13(19-15(14)17)10-9-12-7-5-4-6-8-12/h4-8H,3,9-10H2,1-2H3,(H2,17,18,19). The summed E-state index contributed by atoms with van der Waals surface area (Å²) in [5.41, 5.74) is 7.91. The molecular formula is C16H19N3O2. The maximum atomic E-state index is 11.8. The Kier molecular flexibility index (Phi) is 4.87. The van der Waals surface area contributed by atoms with Crippen molar-refractivity contribution in [3.8, 4) is 0 Å². The van der Waals surface area contributed by atoms with Crippen molar-refractivity contribution >= 4 is 11.8 Å². The molecule has 5 heteroatoms. The minimum atomic E-state index is -0.470. The minimum Gasteiger partial charge on any atom is -0.462 e. The highest BCUT2D eigenvalue weighted by Crippen LogP contribution is 2.15. The van der Waals surface area contributed by atoms with Crippen LogP contribution in [0.25, 0.3) is 0 Å². The van der Waals surface area contributed by atoms with E-state index < -0.39 is 5.97 Å². The van der Waals surface area contributed by atoms with Gasteiger partial charge in [0.25, 0.3) is 0 Å². The number of aromatic nitrogens is 2. The van der Waals surface area contributed by atoms with Gasteiger partial charge in [0, 0.05) is 6.42 Å². The van der Waals surface area contributed by atoms with Gasteiger partial charge in [0.2, 0.25) is 0 Å². The highest BCUT2D eigenvalue weighted by Gasteiger charge is 2.17. The number of hydrogen-bond acceptors (Lipinski definition) is 5. The average Bonchev–Trinajstić information content (AvgIpc) is 2.46. The summed E-state index contributed by atoms with van der Waals surface area (Å²) in [4.78, 5) is 20.4. The van der Waals surface area contributed by atoms with Gasteiger partial charge in [-0.2, -0.15) is 0 Å². The summed E-state index contributed by atoms with van der Waals surface area (Å²) >= 11 is 0. The normalized spacial score (nSPS) is 10.4. The van der Waals surface area contributed by atoms with Gasteiger partial charge in [-0.15, -0.1) is 0 Å². The fourth-order valence-electron chi connectivity index (χ4n) is 2.12. The summed E-state index contributed by atoms with van der Waals surface area (Å²) in [6.07, 6.45) is 1.51. The molecule has 0 fully saturated rings. The molecule has 110 valence electrons. The van der Waals surface area contributed by atoms with E-state index >= 15 is 0 Å². The van der Waals surface area contributed by atoms with Crippen LogP contribution in [0.1, 0.15) is 34.4 Å². The summed E-state index contributed by atoms with van der Waals surface area (Å²) in [5, 5.41) is 0. The zero-order chi connectivity index (χ0) is 15.2. The van der Waals surface area contributed by atoms with Crippen molar-refractivity contribution in [2.75, 3.05) is 12.3 Å². The van der Waals surface area contributed by atoms with Gasteiger partial charge in [-0.25, -0.2) is 14.8 Å². The molecule has 1 aromatic carbocycles. The fraction of sp³-hybridized carbons (Fsp3) is 0.312. The van der Waals surface area contributed by atoms with E-state index in [2.05, 4.69) is 22.1 Å². The summed E-state index contributed by atoms with van der Waals surface area (Å²) in [6.45, 7) is 3.79. The maximum absolute atomic E-state index is 11.8. The summed E-state index contributed by atoms with van der Waals surface area (Å²) in [7, 11) is 0. The van der Waals surface area contributed by atoms with Gasteiger partial charge >= 0.3 is 5.97 Å². The second-order valence-corrected chi connectivity index (χ2v) is 4.69. The van der Waals surface area contributed by atoms with Crippen LogP contribution in [0.5, 0.6) is 0 Å². The summed E-state index contributed by atoms with van der Waals surface area (Å²) < 4.78 is 4.96. The lowest BCUT2D eigenvalue weighted by atomic mass is 10.1. The number of esters is 1. The van der Waals surface area contributed by atoms with Crippen LogP contribution in [0, 0.1) is 6.92 Å². The smallest absolute Gasteiger partial charge is 0.343 e. The largest absolute Gasteiger partial charge is 0.462 e. The van der Waals surface area contributed by atoms with Crippen LogP contribution in [0.3, 0.4) is 0 Å². The van der Waals surface area contributed by atoms with Gasteiger partial charge in [-0.05, 0) is 25.8 Å². The first-order valence-electron chi connectivity index (χ1n) is 6.95. The molecule has 21 heavy (non-hydrogen) atoms. The van der Waals surface area contributed by atoms with Crippen LogP contribution in [0.2, 0.25) is 0 Å². The van der Waals surface area contributed by atoms with Crippen LogP contribution in [-0.2, 0) is 17.6 Å². The third-order valence-electron chi connectivity index (χ3n) is 3.12. The summed E-state index contributed by atoms with van der Waals surface area (Å²) in [6, 6.07) is 10.1. The Labute approximate surface area is 124 Å². The minimum absolute atomic E-state index is 0.184. The third kappa shape index (κ3) is 3.78. The van der Waals surface area contributed by atoms with Gasteiger partial charge in [0.15, 0.2) is 0 Å². The molecule has 0 saturated heterocycles. The van der Waals surface area contributed by atoms with E-state index in [1.165, 1.54) is 5.56 Å². The molecule has 0 saturated carbocycles. The predicted octanol–water partition coefficient (Wildman–Crippen LogP) is 2.33. The number of nitrogens with two attached hydrogens (primary N) is 1. The molecule has 0 aliphatic heterocycles. The van der Waals surface area contributed by atoms with E-state index in [1.54, 1.807) is 13.8 Å². The maximum Gasteiger partial charge on any atom is 0.343 e. The third-order valence-corrected chi connectivity index (χ3v) is 3.12. The van der Waals surface area contributed by atoms with Crippen LogP contribution < -0.4 is 5.73 Å². The molecule has 2 N–H and O–H groups in total. The molecule has 0 radical (unpaired) electrons. The van der Waals surface area contributed by atoms with Gasteiger partial charge in [0.1, 0.15) is 17.2 Å². The van der Waals surface area contributed by atoms with E-state index in [0.29, 0.717) is 24.5 Å². The number of ether oxygens (including phenoxy) is 1. The molecule has 0 atom stereocenters. The number of carbonyl (C=O) groups is 1. The lowest BCUT2D eigenvalue weighted by Gasteiger charge is -2.09. The van der Waals surface area contributed by atoms with Crippen LogP contribution in [0.15, 0.2) is 30.3 Å². The number of nitrogens with zero attached hydrogens (tertiary/aromatic N) is 2. The summed E-state index contributed by atoms with van der Waals surface area (Å²) in [5.74, 6) is 0.355. The Hall–Kier alpha value is -2.43.